The Morgan fingerprint density at radius 3 is 2.52 bits per heavy atom. The lowest BCUT2D eigenvalue weighted by Gasteiger charge is -2.30. The molecule has 5 atom stereocenters. The van der Waals surface area contributed by atoms with Gasteiger partial charge in [-0.15, -0.1) is 0 Å². The third-order valence-corrected chi connectivity index (χ3v) is 8.08. The number of quaternary nitrogens is 1. The van der Waals surface area contributed by atoms with Crippen LogP contribution in [0.2, 0.25) is 0 Å². The number of amides is 3. The average Bonchev–Trinajstić information content (AvgIpc) is 3.23. The maximum absolute atomic E-state index is 13.9. The average molecular weight is 427 g/mol. The lowest BCUT2D eigenvalue weighted by Crippen LogP contribution is -3.00. The molecule has 0 aromatic heterocycles. The molecule has 31 heavy (non-hydrogen) atoms. The van der Waals surface area contributed by atoms with Gasteiger partial charge in [0.15, 0.2) is 0 Å². The minimum absolute atomic E-state index is 0.0919. The second kappa shape index (κ2) is 7.41. The van der Waals surface area contributed by atoms with Gasteiger partial charge in [0.05, 0.1) is 5.69 Å². The Kier molecular flexibility index (Phi) is 4.94. The van der Waals surface area contributed by atoms with E-state index in [-0.39, 0.29) is 23.8 Å². The van der Waals surface area contributed by atoms with Crippen LogP contribution in [-0.2, 0) is 26.3 Å². The Morgan fingerprint density at radius 2 is 1.87 bits per heavy atom. The molecular formula is C24H32N3O4+. The van der Waals surface area contributed by atoms with Gasteiger partial charge in [-0.05, 0) is 31.7 Å². The van der Waals surface area contributed by atoms with Crippen LogP contribution in [0, 0.1) is 11.8 Å². The van der Waals surface area contributed by atoms with Crippen molar-refractivity contribution in [2.45, 2.75) is 82.5 Å². The molecule has 1 aromatic rings. The Morgan fingerprint density at radius 1 is 1.16 bits per heavy atom. The van der Waals surface area contributed by atoms with Crippen LogP contribution in [0.3, 0.4) is 0 Å². The van der Waals surface area contributed by atoms with Gasteiger partial charge < -0.3 is 15.7 Å². The first-order valence-corrected chi connectivity index (χ1v) is 11.8. The molecule has 1 spiro atoms. The lowest BCUT2D eigenvalue weighted by molar-refractivity contribution is -0.738. The zero-order valence-electron chi connectivity index (χ0n) is 18.3. The molecule has 7 nitrogen and oxygen atoms in total. The molecule has 5 rings (SSSR count). The molecule has 7 heteroatoms. The van der Waals surface area contributed by atoms with E-state index >= 15 is 0 Å². The number of hydrogen-bond acceptors (Lipinski definition) is 4. The quantitative estimate of drug-likeness (QED) is 0.496. The minimum Gasteiger partial charge on any atom is -0.387 e. The number of benzene rings is 1. The van der Waals surface area contributed by atoms with Crippen LogP contribution in [-0.4, -0.2) is 45.9 Å². The van der Waals surface area contributed by atoms with Gasteiger partial charge in [-0.2, -0.15) is 0 Å². The van der Waals surface area contributed by atoms with Gasteiger partial charge in [-0.25, -0.2) is 0 Å². The fraction of sp³-hybridized carbons (Fsp3) is 0.625. The van der Waals surface area contributed by atoms with Crippen molar-refractivity contribution in [3.63, 3.8) is 0 Å². The number of carbonyl (C=O) groups is 3. The standard InChI is InChI=1S/C24H31N3O4/c1-3-14-9-8-12-16-20(14)25-23(31)24(16)18-17(19(26-24)13(2)28)21(29)27(22(18)30)15-10-6-4-5-7-11-15/h8-9,12-13,15,17-19,26,28H,3-7,10-11H2,1-2H3,(H,25,31)/p+1/t13-,17+,18+,19+,24-/m1/s1. The second-order valence-electron chi connectivity index (χ2n) is 9.70. The highest BCUT2D eigenvalue weighted by Crippen LogP contribution is 2.51. The molecule has 1 aromatic carbocycles. The summed E-state index contributed by atoms with van der Waals surface area (Å²) in [7, 11) is 0. The van der Waals surface area contributed by atoms with Crippen molar-refractivity contribution in [2.75, 3.05) is 5.32 Å². The SMILES string of the molecule is CCc1cccc2c1NC(=O)[C@@]21[NH2+][C@@H]([C@@H](C)O)[C@H]2C(=O)N(C3CCCCCC3)C(=O)[C@H]21. The van der Waals surface area contributed by atoms with Crippen molar-refractivity contribution < 1.29 is 24.8 Å². The minimum atomic E-state index is -1.20. The van der Waals surface area contributed by atoms with Crippen LogP contribution in [0.4, 0.5) is 5.69 Å². The summed E-state index contributed by atoms with van der Waals surface area (Å²) in [6, 6.07) is 5.18. The largest absolute Gasteiger partial charge is 0.387 e. The number of fused-ring (bicyclic) bond motifs is 4. The van der Waals surface area contributed by atoms with E-state index in [0.717, 1.165) is 61.8 Å². The van der Waals surface area contributed by atoms with Crippen molar-refractivity contribution in [1.29, 1.82) is 0 Å². The Hall–Kier alpha value is -2.25. The van der Waals surface area contributed by atoms with E-state index in [1.54, 1.807) is 6.92 Å². The van der Waals surface area contributed by atoms with E-state index in [1.807, 2.05) is 30.4 Å². The summed E-state index contributed by atoms with van der Waals surface area (Å²) in [5.74, 6) is -2.14. The van der Waals surface area contributed by atoms with Crippen LogP contribution in [0.15, 0.2) is 18.2 Å². The van der Waals surface area contributed by atoms with Crippen molar-refractivity contribution in [3.8, 4) is 0 Å². The van der Waals surface area contributed by atoms with Gasteiger partial charge >= 0.3 is 0 Å². The molecule has 0 unspecified atom stereocenters. The predicted molar refractivity (Wildman–Crippen MR) is 114 cm³/mol. The van der Waals surface area contributed by atoms with Gasteiger partial charge in [-0.3, -0.25) is 19.3 Å². The molecule has 1 aliphatic carbocycles. The number of nitrogens with two attached hydrogens (primary N) is 1. The molecule has 2 saturated heterocycles. The maximum atomic E-state index is 13.9. The number of nitrogens with zero attached hydrogens (tertiary/aromatic N) is 1. The molecule has 3 heterocycles. The fourth-order valence-electron chi connectivity index (χ4n) is 6.61. The number of aliphatic hydroxyl groups excluding tert-OH is 1. The van der Waals surface area contributed by atoms with Crippen molar-refractivity contribution >= 4 is 23.4 Å². The van der Waals surface area contributed by atoms with Crippen molar-refractivity contribution in [1.82, 2.24) is 4.90 Å². The molecule has 4 aliphatic rings. The number of likely N-dealkylation sites (tertiary alicyclic amines) is 1. The van der Waals surface area contributed by atoms with E-state index in [9.17, 15) is 19.5 Å². The summed E-state index contributed by atoms with van der Waals surface area (Å²) in [5, 5.41) is 15.4. The van der Waals surface area contributed by atoms with E-state index in [2.05, 4.69) is 5.32 Å². The highest BCUT2D eigenvalue weighted by molar-refractivity contribution is 6.14. The van der Waals surface area contributed by atoms with E-state index in [0.29, 0.717) is 0 Å². The summed E-state index contributed by atoms with van der Waals surface area (Å²) >= 11 is 0. The third kappa shape index (κ3) is 2.75. The Bertz CT molecular complexity index is 937. The molecule has 166 valence electrons. The maximum Gasteiger partial charge on any atom is 0.291 e. The zero-order valence-corrected chi connectivity index (χ0v) is 18.3. The first-order chi connectivity index (χ1) is 14.9. The first-order valence-electron chi connectivity index (χ1n) is 11.8. The summed E-state index contributed by atoms with van der Waals surface area (Å²) < 4.78 is 0. The number of hydrogen-bond donors (Lipinski definition) is 3. The third-order valence-electron chi connectivity index (χ3n) is 8.08. The van der Waals surface area contributed by atoms with Crippen LogP contribution in [0.1, 0.15) is 63.5 Å². The summed E-state index contributed by atoms with van der Waals surface area (Å²) in [5.41, 5.74) is 1.37. The van der Waals surface area contributed by atoms with Crippen molar-refractivity contribution in [2.24, 2.45) is 11.8 Å². The Balaban J connectivity index is 1.63. The van der Waals surface area contributed by atoms with Gasteiger partial charge in [0, 0.05) is 11.6 Å². The number of imide groups is 1. The molecule has 0 bridgehead atoms. The molecule has 0 radical (unpaired) electrons. The van der Waals surface area contributed by atoms with Crippen LogP contribution in [0.5, 0.6) is 0 Å². The number of aryl methyl sites for hydroxylation is 1. The topological polar surface area (TPSA) is 103 Å². The highest BCUT2D eigenvalue weighted by Gasteiger charge is 2.75. The second-order valence-corrected chi connectivity index (χ2v) is 9.70. The summed E-state index contributed by atoms with van der Waals surface area (Å²) in [6.07, 6.45) is 5.88. The number of nitrogens with one attached hydrogen (secondary N) is 1. The smallest absolute Gasteiger partial charge is 0.291 e. The molecule has 3 fully saturated rings. The van der Waals surface area contributed by atoms with Crippen molar-refractivity contribution in [3.05, 3.63) is 29.3 Å². The van der Waals surface area contributed by atoms with E-state index in [4.69, 9.17) is 0 Å². The molecule has 4 N–H and O–H groups in total. The van der Waals surface area contributed by atoms with Gasteiger partial charge in [0.25, 0.3) is 5.91 Å². The number of carbonyl (C=O) groups excluding carboxylic acids is 3. The number of para-hydroxylation sites is 1. The lowest BCUT2D eigenvalue weighted by atomic mass is 9.76. The fourth-order valence-corrected chi connectivity index (χ4v) is 6.61. The summed E-state index contributed by atoms with van der Waals surface area (Å²) in [6.45, 7) is 3.68. The first kappa shape index (κ1) is 20.6. The number of anilines is 1. The van der Waals surface area contributed by atoms with E-state index in [1.165, 1.54) is 4.90 Å². The molecule has 1 saturated carbocycles. The van der Waals surface area contributed by atoms with E-state index < -0.39 is 29.5 Å². The Labute approximate surface area is 182 Å². The highest BCUT2D eigenvalue weighted by atomic mass is 16.3. The zero-order chi connectivity index (χ0) is 21.9. The summed E-state index contributed by atoms with van der Waals surface area (Å²) in [4.78, 5) is 42.5. The normalized spacial score (nSPS) is 34.1. The van der Waals surface area contributed by atoms with Gasteiger partial charge in [0.1, 0.15) is 24.0 Å². The molecular weight excluding hydrogens is 394 g/mol. The molecule has 3 aliphatic heterocycles. The monoisotopic (exact) mass is 426 g/mol. The van der Waals surface area contributed by atoms with Crippen LogP contribution >= 0.6 is 0 Å². The number of aliphatic hydroxyl groups is 1. The predicted octanol–water partition coefficient (Wildman–Crippen LogP) is 1.05. The molecule has 3 amide bonds. The van der Waals surface area contributed by atoms with Crippen LogP contribution in [0.25, 0.3) is 0 Å². The van der Waals surface area contributed by atoms with Crippen LogP contribution < -0.4 is 10.6 Å². The van der Waals surface area contributed by atoms with Gasteiger partial charge in [0.2, 0.25) is 17.4 Å². The van der Waals surface area contributed by atoms with Gasteiger partial charge in [-0.1, -0.05) is 50.8 Å². The number of rotatable bonds is 3.